The maximum Gasteiger partial charge on any atom is 0.416 e. The summed E-state index contributed by atoms with van der Waals surface area (Å²) < 4.78 is 41.5. The van der Waals surface area contributed by atoms with Crippen LogP contribution in [0.25, 0.3) is 0 Å². The fraction of sp³-hybridized carbons (Fsp3) is 0.273. The van der Waals surface area contributed by atoms with E-state index in [1.165, 1.54) is 6.07 Å². The minimum atomic E-state index is -4.50. The second-order valence-corrected chi connectivity index (χ2v) is 3.28. The van der Waals surface area contributed by atoms with Gasteiger partial charge in [0.25, 0.3) is 0 Å². The van der Waals surface area contributed by atoms with Crippen LogP contribution in [0.3, 0.4) is 0 Å². The van der Waals surface area contributed by atoms with Crippen molar-refractivity contribution < 1.29 is 27.5 Å². The maximum absolute atomic E-state index is 12.3. The molecule has 0 aromatic heterocycles. The van der Waals surface area contributed by atoms with Gasteiger partial charge >= 0.3 is 12.1 Å². The Kier molecular flexibility index (Phi) is 3.88. The van der Waals surface area contributed by atoms with Crippen LogP contribution in [0.2, 0.25) is 0 Å². The van der Waals surface area contributed by atoms with Gasteiger partial charge in [0.05, 0.1) is 5.56 Å². The highest BCUT2D eigenvalue weighted by atomic mass is 19.4. The summed E-state index contributed by atoms with van der Waals surface area (Å²) in [5.74, 6) is -1.34. The summed E-state index contributed by atoms with van der Waals surface area (Å²) in [6, 6.07) is 3.96. The van der Waals surface area contributed by atoms with Crippen LogP contribution < -0.4 is 0 Å². The average Bonchev–Trinajstić information content (AvgIpc) is 2.25. The second kappa shape index (κ2) is 4.99. The molecular formula is C11H9F3O3. The fourth-order valence-corrected chi connectivity index (χ4v) is 1.12. The van der Waals surface area contributed by atoms with Crippen LogP contribution in [0, 0.1) is 0 Å². The van der Waals surface area contributed by atoms with E-state index in [4.69, 9.17) is 0 Å². The number of rotatable bonds is 3. The summed E-state index contributed by atoms with van der Waals surface area (Å²) in [5.41, 5.74) is -1.05. The Morgan fingerprint density at radius 1 is 1.29 bits per heavy atom. The zero-order valence-electron chi connectivity index (χ0n) is 8.88. The number of halogens is 3. The monoisotopic (exact) mass is 246 g/mol. The third-order valence-corrected chi connectivity index (χ3v) is 1.92. The molecular weight excluding hydrogens is 237 g/mol. The molecule has 17 heavy (non-hydrogen) atoms. The van der Waals surface area contributed by atoms with Gasteiger partial charge in [-0.25, -0.2) is 0 Å². The molecule has 0 aliphatic rings. The molecule has 3 nitrogen and oxygen atoms in total. The van der Waals surface area contributed by atoms with E-state index in [-0.39, 0.29) is 5.56 Å². The Hall–Kier alpha value is -1.85. The molecule has 0 bridgehead atoms. The molecule has 0 fully saturated rings. The topological polar surface area (TPSA) is 43.4 Å². The molecule has 0 saturated carbocycles. The van der Waals surface area contributed by atoms with E-state index < -0.39 is 30.1 Å². The summed E-state index contributed by atoms with van der Waals surface area (Å²) in [5, 5.41) is 0. The van der Waals surface area contributed by atoms with Crippen molar-refractivity contribution in [2.75, 3.05) is 6.61 Å². The summed E-state index contributed by atoms with van der Waals surface area (Å²) in [6.07, 6.45) is -4.50. The van der Waals surface area contributed by atoms with Crippen LogP contribution in [0.4, 0.5) is 13.2 Å². The van der Waals surface area contributed by atoms with Crippen molar-refractivity contribution in [3.05, 3.63) is 35.4 Å². The zero-order chi connectivity index (χ0) is 13.1. The van der Waals surface area contributed by atoms with Gasteiger partial charge < -0.3 is 4.74 Å². The highest BCUT2D eigenvalue weighted by molar-refractivity contribution is 5.98. The van der Waals surface area contributed by atoms with Crippen molar-refractivity contribution in [3.63, 3.8) is 0 Å². The number of hydrogen-bond donors (Lipinski definition) is 0. The number of carbonyl (C=O) groups is 2. The Morgan fingerprint density at radius 3 is 2.47 bits per heavy atom. The van der Waals surface area contributed by atoms with Crippen LogP contribution in [0.5, 0.6) is 0 Å². The van der Waals surface area contributed by atoms with Crippen molar-refractivity contribution in [1.29, 1.82) is 0 Å². The second-order valence-electron chi connectivity index (χ2n) is 3.28. The minimum Gasteiger partial charge on any atom is -0.457 e. The van der Waals surface area contributed by atoms with E-state index in [1.54, 1.807) is 0 Å². The summed E-state index contributed by atoms with van der Waals surface area (Å²) in [4.78, 5) is 21.8. The summed E-state index contributed by atoms with van der Waals surface area (Å²) in [7, 11) is 0. The smallest absolute Gasteiger partial charge is 0.416 e. The van der Waals surface area contributed by atoms with Crippen LogP contribution in [0.1, 0.15) is 22.8 Å². The van der Waals surface area contributed by atoms with Gasteiger partial charge in [-0.15, -0.1) is 0 Å². The number of ether oxygens (including phenoxy) is 1. The molecule has 0 aliphatic carbocycles. The van der Waals surface area contributed by atoms with Gasteiger partial charge in [-0.3, -0.25) is 9.59 Å². The van der Waals surface area contributed by atoms with E-state index in [9.17, 15) is 22.8 Å². The number of hydrogen-bond acceptors (Lipinski definition) is 3. The van der Waals surface area contributed by atoms with Crippen molar-refractivity contribution in [2.24, 2.45) is 0 Å². The number of alkyl halides is 3. The lowest BCUT2D eigenvalue weighted by atomic mass is 10.1. The number of Topliss-reactive ketones (excluding diaryl/α,β-unsaturated/α-hetero) is 1. The number of ketones is 1. The van der Waals surface area contributed by atoms with E-state index in [1.807, 2.05) is 0 Å². The van der Waals surface area contributed by atoms with Gasteiger partial charge in [-0.05, 0) is 12.1 Å². The molecule has 0 atom stereocenters. The quantitative estimate of drug-likeness (QED) is 0.607. The third-order valence-electron chi connectivity index (χ3n) is 1.92. The predicted octanol–water partition coefficient (Wildman–Crippen LogP) is 2.45. The van der Waals surface area contributed by atoms with Gasteiger partial charge in [0.1, 0.15) is 0 Å². The average molecular weight is 246 g/mol. The zero-order valence-corrected chi connectivity index (χ0v) is 8.88. The largest absolute Gasteiger partial charge is 0.457 e. The predicted molar refractivity (Wildman–Crippen MR) is 52.4 cm³/mol. The highest BCUT2D eigenvalue weighted by Gasteiger charge is 2.30. The molecule has 0 N–H and O–H groups in total. The molecule has 1 aromatic rings. The minimum absolute atomic E-state index is 0.138. The Bertz CT molecular complexity index is 438. The Morgan fingerprint density at radius 2 is 1.94 bits per heavy atom. The van der Waals surface area contributed by atoms with Crippen LogP contribution in [-0.4, -0.2) is 18.4 Å². The van der Waals surface area contributed by atoms with Crippen molar-refractivity contribution >= 4 is 11.8 Å². The Balaban J connectivity index is 2.85. The molecule has 6 heteroatoms. The number of carbonyl (C=O) groups excluding carboxylic acids is 2. The van der Waals surface area contributed by atoms with Gasteiger partial charge in [-0.2, -0.15) is 13.2 Å². The molecule has 0 saturated heterocycles. The van der Waals surface area contributed by atoms with Gasteiger partial charge in [0, 0.05) is 12.5 Å². The molecule has 0 aliphatic heterocycles. The summed E-state index contributed by atoms with van der Waals surface area (Å²) in [6.45, 7) is 0.552. The highest BCUT2D eigenvalue weighted by Crippen LogP contribution is 2.29. The first-order valence-corrected chi connectivity index (χ1v) is 4.64. The first-order chi connectivity index (χ1) is 7.80. The Labute approximate surface area is 95.2 Å². The summed E-state index contributed by atoms with van der Waals surface area (Å²) >= 11 is 0. The third kappa shape index (κ3) is 3.90. The maximum atomic E-state index is 12.3. The van der Waals surface area contributed by atoms with E-state index in [0.717, 1.165) is 25.1 Å². The lowest BCUT2D eigenvalue weighted by molar-refractivity contribution is -0.140. The molecule has 0 radical (unpaired) electrons. The SMILES string of the molecule is CC(=O)OCC(=O)c1cccc(C(F)(F)F)c1. The van der Waals surface area contributed by atoms with Gasteiger partial charge in [0.15, 0.2) is 12.4 Å². The molecule has 0 amide bonds. The van der Waals surface area contributed by atoms with Crippen LogP contribution in [-0.2, 0) is 15.7 Å². The lowest BCUT2D eigenvalue weighted by Crippen LogP contribution is -2.13. The fourth-order valence-electron chi connectivity index (χ4n) is 1.12. The van der Waals surface area contributed by atoms with E-state index >= 15 is 0 Å². The van der Waals surface area contributed by atoms with Crippen molar-refractivity contribution in [2.45, 2.75) is 13.1 Å². The number of benzene rings is 1. The normalized spacial score (nSPS) is 11.1. The lowest BCUT2D eigenvalue weighted by Gasteiger charge is -2.08. The van der Waals surface area contributed by atoms with Gasteiger partial charge in [-0.1, -0.05) is 12.1 Å². The number of esters is 1. The molecule has 92 valence electrons. The molecule has 0 unspecified atom stereocenters. The van der Waals surface area contributed by atoms with Crippen molar-refractivity contribution in [3.8, 4) is 0 Å². The standard InChI is InChI=1S/C11H9F3O3/c1-7(15)17-6-10(16)8-3-2-4-9(5-8)11(12,13)14/h2-5H,6H2,1H3. The molecule has 1 rings (SSSR count). The van der Waals surface area contributed by atoms with Crippen molar-refractivity contribution in [1.82, 2.24) is 0 Å². The molecule has 0 spiro atoms. The van der Waals surface area contributed by atoms with E-state index in [0.29, 0.717) is 0 Å². The van der Waals surface area contributed by atoms with Crippen LogP contribution >= 0.6 is 0 Å². The first-order valence-electron chi connectivity index (χ1n) is 4.64. The molecule has 0 heterocycles. The van der Waals surface area contributed by atoms with Crippen LogP contribution in [0.15, 0.2) is 24.3 Å². The van der Waals surface area contributed by atoms with E-state index in [2.05, 4.69) is 4.74 Å². The molecule has 1 aromatic carbocycles. The first kappa shape index (κ1) is 13.2. The van der Waals surface area contributed by atoms with Gasteiger partial charge in [0.2, 0.25) is 0 Å².